The molecule has 0 spiro atoms. The van der Waals surface area contributed by atoms with Gasteiger partial charge in [0, 0.05) is 29.9 Å². The number of nitrogens with one attached hydrogen (secondary N) is 2. The van der Waals surface area contributed by atoms with E-state index in [2.05, 4.69) is 36.3 Å². The van der Waals surface area contributed by atoms with Gasteiger partial charge in [0.05, 0.1) is 6.10 Å². The molecule has 0 fully saturated rings. The van der Waals surface area contributed by atoms with E-state index >= 15 is 0 Å². The van der Waals surface area contributed by atoms with Crippen molar-refractivity contribution in [1.29, 1.82) is 0 Å². The van der Waals surface area contributed by atoms with Crippen molar-refractivity contribution in [3.05, 3.63) is 59.7 Å². The summed E-state index contributed by atoms with van der Waals surface area (Å²) < 4.78 is 5.73. The monoisotopic (exact) mass is 411 g/mol. The standard InChI is InChI=1S/C24H33N3O3/c1-5-18(4)30-22-14-10-20(11-15-22)24(29)26-21-12-8-19(9-13-21)23(28)25-16-17-27(6-2)7-3/h8-15,18H,5-7,16-17H2,1-4H3,(H,25,28)(H,26,29). The highest BCUT2D eigenvalue weighted by Gasteiger charge is 2.09. The summed E-state index contributed by atoms with van der Waals surface area (Å²) in [6.45, 7) is 11.6. The Hall–Kier alpha value is -2.86. The molecule has 0 aromatic heterocycles. The number of rotatable bonds is 11. The molecule has 2 N–H and O–H groups in total. The smallest absolute Gasteiger partial charge is 0.255 e. The largest absolute Gasteiger partial charge is 0.491 e. The van der Waals surface area contributed by atoms with Crippen LogP contribution in [0.1, 0.15) is 54.8 Å². The van der Waals surface area contributed by atoms with Crippen LogP contribution in [0.2, 0.25) is 0 Å². The molecule has 0 aliphatic heterocycles. The number of nitrogens with zero attached hydrogens (tertiary/aromatic N) is 1. The second kappa shape index (κ2) is 12.0. The molecule has 0 saturated carbocycles. The van der Waals surface area contributed by atoms with E-state index in [9.17, 15) is 9.59 Å². The van der Waals surface area contributed by atoms with Gasteiger partial charge in [0.1, 0.15) is 5.75 Å². The van der Waals surface area contributed by atoms with Crippen LogP contribution in [0.25, 0.3) is 0 Å². The van der Waals surface area contributed by atoms with Gasteiger partial charge < -0.3 is 20.3 Å². The zero-order chi connectivity index (χ0) is 21.9. The molecule has 0 saturated heterocycles. The number of amides is 2. The maximum atomic E-state index is 12.4. The number of hydrogen-bond donors (Lipinski definition) is 2. The van der Waals surface area contributed by atoms with Crippen LogP contribution in [0, 0.1) is 0 Å². The number of carbonyl (C=O) groups is 2. The third kappa shape index (κ3) is 7.19. The summed E-state index contributed by atoms with van der Waals surface area (Å²) in [6.07, 6.45) is 1.06. The number of anilines is 1. The lowest BCUT2D eigenvalue weighted by molar-refractivity contribution is 0.0948. The summed E-state index contributed by atoms with van der Waals surface area (Å²) in [5, 5.41) is 5.78. The van der Waals surface area contributed by atoms with Gasteiger partial charge in [-0.05, 0) is 75.0 Å². The van der Waals surface area contributed by atoms with Crippen molar-refractivity contribution in [2.24, 2.45) is 0 Å². The molecular formula is C24H33N3O3. The van der Waals surface area contributed by atoms with Crippen molar-refractivity contribution in [1.82, 2.24) is 10.2 Å². The number of benzene rings is 2. The van der Waals surface area contributed by atoms with Gasteiger partial charge in [-0.1, -0.05) is 20.8 Å². The van der Waals surface area contributed by atoms with E-state index in [0.29, 0.717) is 23.4 Å². The SMILES string of the molecule is CCC(C)Oc1ccc(C(=O)Nc2ccc(C(=O)NCCN(CC)CC)cc2)cc1. The summed E-state index contributed by atoms with van der Waals surface area (Å²) in [6, 6.07) is 14.0. The van der Waals surface area contributed by atoms with E-state index in [0.717, 1.165) is 31.8 Å². The van der Waals surface area contributed by atoms with Crippen molar-refractivity contribution < 1.29 is 14.3 Å². The molecule has 2 aromatic carbocycles. The van der Waals surface area contributed by atoms with Crippen LogP contribution in [-0.4, -0.2) is 49.0 Å². The average molecular weight is 412 g/mol. The summed E-state index contributed by atoms with van der Waals surface area (Å²) >= 11 is 0. The Morgan fingerprint density at radius 3 is 2.03 bits per heavy atom. The summed E-state index contributed by atoms with van der Waals surface area (Å²) in [7, 11) is 0. The Balaban J connectivity index is 1.87. The Bertz CT molecular complexity index is 799. The second-order valence-electron chi connectivity index (χ2n) is 7.18. The molecule has 6 nitrogen and oxygen atoms in total. The average Bonchev–Trinajstić information content (AvgIpc) is 2.77. The van der Waals surface area contributed by atoms with Crippen LogP contribution in [0.4, 0.5) is 5.69 Å². The maximum Gasteiger partial charge on any atom is 0.255 e. The van der Waals surface area contributed by atoms with Crippen molar-refractivity contribution >= 4 is 17.5 Å². The van der Waals surface area contributed by atoms with Gasteiger partial charge in [0.25, 0.3) is 11.8 Å². The molecular weight excluding hydrogens is 378 g/mol. The van der Waals surface area contributed by atoms with Crippen LogP contribution in [-0.2, 0) is 0 Å². The highest BCUT2D eigenvalue weighted by molar-refractivity contribution is 6.04. The molecule has 0 heterocycles. The fraction of sp³-hybridized carbons (Fsp3) is 0.417. The number of carbonyl (C=O) groups excluding carboxylic acids is 2. The molecule has 0 aliphatic carbocycles. The van der Waals surface area contributed by atoms with Crippen molar-refractivity contribution in [2.75, 3.05) is 31.5 Å². The third-order valence-electron chi connectivity index (χ3n) is 5.04. The minimum Gasteiger partial charge on any atom is -0.491 e. The first kappa shape index (κ1) is 23.4. The molecule has 0 radical (unpaired) electrons. The Labute approximate surface area is 179 Å². The second-order valence-corrected chi connectivity index (χ2v) is 7.18. The van der Waals surface area contributed by atoms with Gasteiger partial charge in [-0.2, -0.15) is 0 Å². The van der Waals surface area contributed by atoms with Gasteiger partial charge in [-0.15, -0.1) is 0 Å². The number of ether oxygens (including phenoxy) is 1. The molecule has 30 heavy (non-hydrogen) atoms. The lowest BCUT2D eigenvalue weighted by atomic mass is 10.1. The predicted octanol–water partition coefficient (Wildman–Crippen LogP) is 4.19. The predicted molar refractivity (Wildman–Crippen MR) is 121 cm³/mol. The lowest BCUT2D eigenvalue weighted by Crippen LogP contribution is -2.34. The fourth-order valence-electron chi connectivity index (χ4n) is 2.88. The van der Waals surface area contributed by atoms with Crippen molar-refractivity contribution in [3.8, 4) is 5.75 Å². The number of likely N-dealkylation sites (N-methyl/N-ethyl adjacent to an activating group) is 1. The zero-order valence-corrected chi connectivity index (χ0v) is 18.4. The fourth-order valence-corrected chi connectivity index (χ4v) is 2.88. The summed E-state index contributed by atoms with van der Waals surface area (Å²) in [5.41, 5.74) is 1.75. The van der Waals surface area contributed by atoms with Gasteiger partial charge in [-0.25, -0.2) is 0 Å². The molecule has 6 heteroatoms. The minimum absolute atomic E-state index is 0.114. The first-order chi connectivity index (χ1) is 14.5. The molecule has 2 rings (SSSR count). The van der Waals surface area contributed by atoms with Gasteiger partial charge in [-0.3, -0.25) is 9.59 Å². The molecule has 1 atom stereocenters. The quantitative estimate of drug-likeness (QED) is 0.582. The van der Waals surface area contributed by atoms with Crippen molar-refractivity contribution in [3.63, 3.8) is 0 Å². The molecule has 0 bridgehead atoms. The molecule has 0 aliphatic rings. The highest BCUT2D eigenvalue weighted by Crippen LogP contribution is 2.16. The maximum absolute atomic E-state index is 12.4. The number of hydrogen-bond acceptors (Lipinski definition) is 4. The third-order valence-corrected chi connectivity index (χ3v) is 5.04. The summed E-state index contributed by atoms with van der Waals surface area (Å²) in [5.74, 6) is 0.427. The van der Waals surface area contributed by atoms with Crippen LogP contribution in [0.5, 0.6) is 5.75 Å². The van der Waals surface area contributed by atoms with E-state index in [1.807, 2.05) is 6.92 Å². The minimum atomic E-state index is -0.207. The Morgan fingerprint density at radius 1 is 0.900 bits per heavy atom. The van der Waals surface area contributed by atoms with Crippen LogP contribution < -0.4 is 15.4 Å². The van der Waals surface area contributed by atoms with Gasteiger partial charge in [0.15, 0.2) is 0 Å². The zero-order valence-electron chi connectivity index (χ0n) is 18.4. The molecule has 162 valence electrons. The lowest BCUT2D eigenvalue weighted by Gasteiger charge is -2.18. The van der Waals surface area contributed by atoms with Crippen LogP contribution in [0.3, 0.4) is 0 Å². The van der Waals surface area contributed by atoms with E-state index in [-0.39, 0.29) is 17.9 Å². The van der Waals surface area contributed by atoms with Crippen molar-refractivity contribution in [2.45, 2.75) is 40.2 Å². The molecule has 2 aromatic rings. The normalized spacial score (nSPS) is 11.8. The first-order valence-corrected chi connectivity index (χ1v) is 10.6. The van der Waals surface area contributed by atoms with Crippen LogP contribution in [0.15, 0.2) is 48.5 Å². The van der Waals surface area contributed by atoms with Gasteiger partial charge in [0.2, 0.25) is 0 Å². The van der Waals surface area contributed by atoms with E-state index in [1.165, 1.54) is 0 Å². The molecule has 2 amide bonds. The highest BCUT2D eigenvalue weighted by atomic mass is 16.5. The van der Waals surface area contributed by atoms with E-state index < -0.39 is 0 Å². The molecule has 1 unspecified atom stereocenters. The summed E-state index contributed by atoms with van der Waals surface area (Å²) in [4.78, 5) is 27.0. The Kier molecular flexibility index (Phi) is 9.35. The van der Waals surface area contributed by atoms with E-state index in [1.54, 1.807) is 48.5 Å². The van der Waals surface area contributed by atoms with Crippen LogP contribution >= 0.6 is 0 Å². The topological polar surface area (TPSA) is 70.7 Å². The first-order valence-electron chi connectivity index (χ1n) is 10.6. The Morgan fingerprint density at radius 2 is 1.47 bits per heavy atom. The van der Waals surface area contributed by atoms with E-state index in [4.69, 9.17) is 4.74 Å². The van der Waals surface area contributed by atoms with Gasteiger partial charge >= 0.3 is 0 Å².